The molecule has 2 saturated heterocycles. The number of fused-ring (bicyclic) bond motifs is 1. The lowest BCUT2D eigenvalue weighted by Crippen LogP contribution is -2.44. The molecule has 0 aromatic rings. The molecule has 3 rings (SSSR count). The quantitative estimate of drug-likeness (QED) is 0.845. The van der Waals surface area contributed by atoms with Gasteiger partial charge in [-0.05, 0) is 57.0 Å². The number of hydrogen-bond acceptors (Lipinski definition) is 3. The van der Waals surface area contributed by atoms with Crippen LogP contribution in [0.25, 0.3) is 0 Å². The molecule has 1 N–H and O–H groups in total. The van der Waals surface area contributed by atoms with Crippen LogP contribution in [-0.4, -0.2) is 50.3 Å². The summed E-state index contributed by atoms with van der Waals surface area (Å²) in [7, 11) is 1.83. The van der Waals surface area contributed by atoms with E-state index >= 15 is 0 Å². The Hall–Kier alpha value is -0.120. The van der Waals surface area contributed by atoms with Crippen LogP contribution in [0, 0.1) is 11.8 Å². The summed E-state index contributed by atoms with van der Waals surface area (Å²) in [6.45, 7) is 4.80. The van der Waals surface area contributed by atoms with E-state index in [-0.39, 0.29) is 0 Å². The van der Waals surface area contributed by atoms with Crippen molar-refractivity contribution in [2.75, 3.05) is 33.4 Å². The molecule has 3 unspecified atom stereocenters. The van der Waals surface area contributed by atoms with E-state index in [4.69, 9.17) is 4.74 Å². The summed E-state index contributed by atoms with van der Waals surface area (Å²) in [5.41, 5.74) is 0. The highest BCUT2D eigenvalue weighted by Crippen LogP contribution is 2.33. The van der Waals surface area contributed by atoms with Crippen molar-refractivity contribution < 1.29 is 4.74 Å². The van der Waals surface area contributed by atoms with Gasteiger partial charge in [0.1, 0.15) is 0 Å². The Kier molecular flexibility index (Phi) is 4.78. The lowest BCUT2D eigenvalue weighted by atomic mass is 9.85. The standard InChI is InChI=1S/C16H30N2O/c1-19-12-13-6-8-18(9-7-13)11-15-10-14-4-2-3-5-16(14)17-15/h13-17H,2-12H2,1H3. The summed E-state index contributed by atoms with van der Waals surface area (Å²) in [5.74, 6) is 1.80. The van der Waals surface area contributed by atoms with Crippen molar-refractivity contribution in [3.8, 4) is 0 Å². The summed E-state index contributed by atoms with van der Waals surface area (Å²) in [6, 6.07) is 1.62. The number of piperidine rings is 1. The molecule has 3 nitrogen and oxygen atoms in total. The third-order valence-electron chi connectivity index (χ3n) is 5.53. The van der Waals surface area contributed by atoms with E-state index in [0.717, 1.165) is 30.5 Å². The van der Waals surface area contributed by atoms with Gasteiger partial charge in [-0.15, -0.1) is 0 Å². The average molecular weight is 266 g/mol. The fourth-order valence-corrected chi connectivity index (χ4v) is 4.46. The van der Waals surface area contributed by atoms with Crippen molar-refractivity contribution in [1.29, 1.82) is 0 Å². The van der Waals surface area contributed by atoms with Gasteiger partial charge in [0.15, 0.2) is 0 Å². The monoisotopic (exact) mass is 266 g/mol. The second-order valence-electron chi connectivity index (χ2n) is 6.95. The first-order chi connectivity index (χ1) is 9.35. The van der Waals surface area contributed by atoms with Crippen molar-refractivity contribution in [3.05, 3.63) is 0 Å². The molecule has 1 aliphatic carbocycles. The normalized spacial score (nSPS) is 37.4. The van der Waals surface area contributed by atoms with Gasteiger partial charge in [-0.1, -0.05) is 12.8 Å². The molecule has 3 fully saturated rings. The zero-order valence-electron chi connectivity index (χ0n) is 12.4. The molecular formula is C16H30N2O. The number of ether oxygens (including phenoxy) is 1. The van der Waals surface area contributed by atoms with Crippen molar-refractivity contribution in [2.24, 2.45) is 11.8 Å². The molecule has 0 aromatic heterocycles. The molecule has 1 saturated carbocycles. The molecule has 0 aromatic carbocycles. The predicted octanol–water partition coefficient (Wildman–Crippen LogP) is 2.27. The van der Waals surface area contributed by atoms with E-state index in [2.05, 4.69) is 10.2 Å². The van der Waals surface area contributed by atoms with Crippen LogP contribution in [0.2, 0.25) is 0 Å². The SMILES string of the molecule is COCC1CCN(CC2CC3CCCCC3N2)CC1. The molecule has 110 valence electrons. The first kappa shape index (κ1) is 13.8. The lowest BCUT2D eigenvalue weighted by molar-refractivity contribution is 0.0959. The molecule has 0 radical (unpaired) electrons. The first-order valence-electron chi connectivity index (χ1n) is 8.32. The maximum atomic E-state index is 5.28. The zero-order chi connectivity index (χ0) is 13.1. The fraction of sp³-hybridized carbons (Fsp3) is 1.00. The maximum absolute atomic E-state index is 5.28. The highest BCUT2D eigenvalue weighted by Gasteiger charge is 2.35. The number of likely N-dealkylation sites (tertiary alicyclic amines) is 1. The van der Waals surface area contributed by atoms with Gasteiger partial charge in [-0.25, -0.2) is 0 Å². The van der Waals surface area contributed by atoms with Crippen molar-refractivity contribution >= 4 is 0 Å². The van der Waals surface area contributed by atoms with E-state index in [9.17, 15) is 0 Å². The molecule has 3 atom stereocenters. The van der Waals surface area contributed by atoms with Crippen LogP contribution in [-0.2, 0) is 4.74 Å². The predicted molar refractivity (Wildman–Crippen MR) is 78.3 cm³/mol. The second kappa shape index (κ2) is 6.55. The Morgan fingerprint density at radius 3 is 2.63 bits per heavy atom. The lowest BCUT2D eigenvalue weighted by Gasteiger charge is -2.33. The van der Waals surface area contributed by atoms with Crippen LogP contribution in [0.3, 0.4) is 0 Å². The average Bonchev–Trinajstić information content (AvgIpc) is 2.83. The van der Waals surface area contributed by atoms with Crippen molar-refractivity contribution in [3.63, 3.8) is 0 Å². The van der Waals surface area contributed by atoms with Crippen LogP contribution in [0.15, 0.2) is 0 Å². The molecule has 0 amide bonds. The molecule has 2 heterocycles. The summed E-state index contributed by atoms with van der Waals surface area (Å²) < 4.78 is 5.28. The highest BCUT2D eigenvalue weighted by atomic mass is 16.5. The van der Waals surface area contributed by atoms with E-state index < -0.39 is 0 Å². The minimum absolute atomic E-state index is 0.770. The number of methoxy groups -OCH3 is 1. The molecule has 19 heavy (non-hydrogen) atoms. The first-order valence-corrected chi connectivity index (χ1v) is 8.32. The van der Waals surface area contributed by atoms with Gasteiger partial charge in [0.25, 0.3) is 0 Å². The molecular weight excluding hydrogens is 236 g/mol. The Labute approximate surface area is 118 Å². The van der Waals surface area contributed by atoms with Gasteiger partial charge in [-0.3, -0.25) is 0 Å². The molecule has 3 heteroatoms. The summed E-state index contributed by atoms with van der Waals surface area (Å²) in [4.78, 5) is 2.68. The third-order valence-corrected chi connectivity index (χ3v) is 5.53. The topological polar surface area (TPSA) is 24.5 Å². The highest BCUT2D eigenvalue weighted by molar-refractivity contribution is 4.94. The van der Waals surface area contributed by atoms with Crippen molar-refractivity contribution in [1.82, 2.24) is 10.2 Å². The van der Waals surface area contributed by atoms with Crippen LogP contribution < -0.4 is 5.32 Å². The minimum atomic E-state index is 0.770. The van der Waals surface area contributed by atoms with Gasteiger partial charge in [0.05, 0.1) is 0 Å². The van der Waals surface area contributed by atoms with Crippen LogP contribution in [0.5, 0.6) is 0 Å². The summed E-state index contributed by atoms with van der Waals surface area (Å²) in [6.07, 6.45) is 9.91. The Morgan fingerprint density at radius 2 is 1.89 bits per heavy atom. The number of rotatable bonds is 4. The van der Waals surface area contributed by atoms with E-state index in [1.54, 1.807) is 0 Å². The van der Waals surface area contributed by atoms with Crippen LogP contribution in [0.1, 0.15) is 44.9 Å². The van der Waals surface area contributed by atoms with Crippen LogP contribution in [0.4, 0.5) is 0 Å². The smallest absolute Gasteiger partial charge is 0.0491 e. The fourth-order valence-electron chi connectivity index (χ4n) is 4.46. The largest absolute Gasteiger partial charge is 0.384 e. The maximum Gasteiger partial charge on any atom is 0.0491 e. The van der Waals surface area contributed by atoms with Gasteiger partial charge < -0.3 is 15.0 Å². The van der Waals surface area contributed by atoms with Crippen LogP contribution >= 0.6 is 0 Å². The third kappa shape index (κ3) is 3.50. The zero-order valence-corrected chi connectivity index (χ0v) is 12.4. The van der Waals surface area contributed by atoms with Crippen molar-refractivity contribution in [2.45, 2.75) is 57.0 Å². The number of nitrogens with zero attached hydrogens (tertiary/aromatic N) is 1. The van der Waals surface area contributed by atoms with Gasteiger partial charge >= 0.3 is 0 Å². The Bertz CT molecular complexity index is 262. The Balaban J connectivity index is 1.41. The van der Waals surface area contributed by atoms with Gasteiger partial charge in [-0.2, -0.15) is 0 Å². The molecule has 0 bridgehead atoms. The van der Waals surface area contributed by atoms with E-state index in [1.807, 2.05) is 7.11 Å². The molecule has 3 aliphatic rings. The van der Waals surface area contributed by atoms with E-state index in [0.29, 0.717) is 0 Å². The minimum Gasteiger partial charge on any atom is -0.384 e. The molecule has 0 spiro atoms. The summed E-state index contributed by atoms with van der Waals surface area (Å²) >= 11 is 0. The number of hydrogen-bond donors (Lipinski definition) is 1. The van der Waals surface area contributed by atoms with Gasteiger partial charge in [0.2, 0.25) is 0 Å². The number of nitrogens with one attached hydrogen (secondary N) is 1. The Morgan fingerprint density at radius 1 is 1.11 bits per heavy atom. The summed E-state index contributed by atoms with van der Waals surface area (Å²) in [5, 5.41) is 3.91. The van der Waals surface area contributed by atoms with Gasteiger partial charge in [0, 0.05) is 32.3 Å². The second-order valence-corrected chi connectivity index (χ2v) is 6.95. The molecule has 2 aliphatic heterocycles. The van der Waals surface area contributed by atoms with E-state index in [1.165, 1.54) is 64.6 Å².